The van der Waals surface area contributed by atoms with Crippen molar-refractivity contribution >= 4 is 23.5 Å². The minimum absolute atomic E-state index is 0.152. The third kappa shape index (κ3) is 2.06. The molecule has 2 fully saturated rings. The maximum atomic E-state index is 12.5. The SMILES string of the molecule is Cc1ccc(C(=O)N(C)C)cc1N1C(=O)[C@H]2CCCN2C1=O. The summed E-state index contributed by atoms with van der Waals surface area (Å²) in [6, 6.07) is 4.52. The van der Waals surface area contributed by atoms with Crippen LogP contribution in [0.4, 0.5) is 10.5 Å². The monoisotopic (exact) mass is 301 g/mol. The first-order chi connectivity index (χ1) is 10.4. The number of anilines is 1. The highest BCUT2D eigenvalue weighted by Crippen LogP contribution is 2.33. The van der Waals surface area contributed by atoms with Crippen LogP contribution < -0.4 is 4.90 Å². The number of fused-ring (bicyclic) bond motifs is 1. The number of urea groups is 1. The zero-order chi connectivity index (χ0) is 16.0. The van der Waals surface area contributed by atoms with Gasteiger partial charge >= 0.3 is 6.03 Å². The molecule has 1 atom stereocenters. The average Bonchev–Trinajstić information content (AvgIpc) is 3.04. The van der Waals surface area contributed by atoms with Crippen molar-refractivity contribution in [3.8, 4) is 0 Å². The van der Waals surface area contributed by atoms with Gasteiger partial charge in [0.2, 0.25) is 0 Å². The Hall–Kier alpha value is -2.37. The van der Waals surface area contributed by atoms with E-state index in [2.05, 4.69) is 0 Å². The molecular formula is C16H19N3O3. The van der Waals surface area contributed by atoms with Crippen molar-refractivity contribution in [1.29, 1.82) is 0 Å². The van der Waals surface area contributed by atoms with Gasteiger partial charge in [-0.1, -0.05) is 6.07 Å². The topological polar surface area (TPSA) is 60.9 Å². The number of amides is 4. The van der Waals surface area contributed by atoms with E-state index in [9.17, 15) is 14.4 Å². The molecule has 6 nitrogen and oxygen atoms in total. The lowest BCUT2D eigenvalue weighted by Gasteiger charge is -2.19. The molecule has 0 bridgehead atoms. The van der Waals surface area contributed by atoms with Gasteiger partial charge < -0.3 is 9.80 Å². The van der Waals surface area contributed by atoms with E-state index in [1.165, 1.54) is 9.80 Å². The summed E-state index contributed by atoms with van der Waals surface area (Å²) in [6.07, 6.45) is 1.59. The second-order valence-electron chi connectivity index (χ2n) is 6.01. The van der Waals surface area contributed by atoms with Crippen LogP contribution in [0.3, 0.4) is 0 Å². The molecule has 0 unspecified atom stereocenters. The Bertz CT molecular complexity index is 647. The molecule has 1 aromatic rings. The second kappa shape index (κ2) is 5.12. The largest absolute Gasteiger partial charge is 0.345 e. The van der Waals surface area contributed by atoms with Gasteiger partial charge in [-0.25, -0.2) is 9.69 Å². The predicted octanol–water partition coefficient (Wildman–Crippen LogP) is 1.63. The Morgan fingerprint density at radius 1 is 1.27 bits per heavy atom. The molecule has 3 rings (SSSR count). The number of hydrogen-bond acceptors (Lipinski definition) is 3. The third-order valence-corrected chi connectivity index (χ3v) is 4.30. The van der Waals surface area contributed by atoms with Gasteiger partial charge in [0.25, 0.3) is 11.8 Å². The predicted molar refractivity (Wildman–Crippen MR) is 81.8 cm³/mol. The van der Waals surface area contributed by atoms with E-state index in [0.29, 0.717) is 17.8 Å². The summed E-state index contributed by atoms with van der Waals surface area (Å²) in [5.74, 6) is -0.333. The Balaban J connectivity index is 2.01. The van der Waals surface area contributed by atoms with E-state index < -0.39 is 0 Å². The molecular weight excluding hydrogens is 282 g/mol. The lowest BCUT2D eigenvalue weighted by molar-refractivity contribution is -0.119. The fourth-order valence-electron chi connectivity index (χ4n) is 3.09. The maximum Gasteiger partial charge on any atom is 0.332 e. The van der Waals surface area contributed by atoms with E-state index in [0.717, 1.165) is 18.4 Å². The molecule has 0 saturated carbocycles. The van der Waals surface area contributed by atoms with Crippen LogP contribution in [0.15, 0.2) is 18.2 Å². The molecule has 116 valence electrons. The maximum absolute atomic E-state index is 12.5. The van der Waals surface area contributed by atoms with Crippen LogP contribution in [-0.4, -0.2) is 54.3 Å². The Morgan fingerprint density at radius 3 is 2.64 bits per heavy atom. The van der Waals surface area contributed by atoms with Crippen molar-refractivity contribution in [3.05, 3.63) is 29.3 Å². The smallest absolute Gasteiger partial charge is 0.332 e. The van der Waals surface area contributed by atoms with E-state index in [1.807, 2.05) is 6.92 Å². The minimum atomic E-state index is -0.333. The fourth-order valence-corrected chi connectivity index (χ4v) is 3.09. The van der Waals surface area contributed by atoms with Crippen LogP contribution in [0.1, 0.15) is 28.8 Å². The molecule has 6 heteroatoms. The lowest BCUT2D eigenvalue weighted by atomic mass is 10.1. The van der Waals surface area contributed by atoms with Crippen molar-refractivity contribution in [2.45, 2.75) is 25.8 Å². The Kier molecular flexibility index (Phi) is 3.39. The van der Waals surface area contributed by atoms with Crippen molar-refractivity contribution in [2.24, 2.45) is 0 Å². The van der Waals surface area contributed by atoms with Crippen molar-refractivity contribution < 1.29 is 14.4 Å². The number of hydrogen-bond donors (Lipinski definition) is 0. The van der Waals surface area contributed by atoms with Crippen molar-refractivity contribution in [1.82, 2.24) is 9.80 Å². The molecule has 2 aliphatic heterocycles. The number of carbonyl (C=O) groups is 3. The van der Waals surface area contributed by atoms with Crippen molar-refractivity contribution in [2.75, 3.05) is 25.5 Å². The first kappa shape index (κ1) is 14.6. The minimum Gasteiger partial charge on any atom is -0.345 e. The number of benzene rings is 1. The molecule has 4 amide bonds. The van der Waals surface area contributed by atoms with Crippen LogP contribution in [0.2, 0.25) is 0 Å². The van der Waals surface area contributed by atoms with Gasteiger partial charge in [-0.3, -0.25) is 9.59 Å². The van der Waals surface area contributed by atoms with Crippen molar-refractivity contribution in [3.63, 3.8) is 0 Å². The number of imide groups is 1. The molecule has 0 N–H and O–H groups in total. The van der Waals surface area contributed by atoms with Gasteiger partial charge in [-0.2, -0.15) is 0 Å². The lowest BCUT2D eigenvalue weighted by Crippen LogP contribution is -2.34. The number of rotatable bonds is 2. The van der Waals surface area contributed by atoms with Gasteiger partial charge in [-0.15, -0.1) is 0 Å². The number of aryl methyl sites for hydroxylation is 1. The number of carbonyl (C=O) groups excluding carboxylic acids is 3. The molecule has 2 heterocycles. The molecule has 2 aliphatic rings. The van der Waals surface area contributed by atoms with E-state index >= 15 is 0 Å². The third-order valence-electron chi connectivity index (χ3n) is 4.30. The summed E-state index contributed by atoms with van der Waals surface area (Å²) in [4.78, 5) is 41.5. The zero-order valence-electron chi connectivity index (χ0n) is 13.0. The summed E-state index contributed by atoms with van der Waals surface area (Å²) in [5, 5.41) is 0. The van der Waals surface area contributed by atoms with Gasteiger partial charge in [0.1, 0.15) is 6.04 Å². The summed E-state index contributed by atoms with van der Waals surface area (Å²) in [6.45, 7) is 2.46. The van der Waals surface area contributed by atoms with E-state index in [1.54, 1.807) is 37.2 Å². The highest BCUT2D eigenvalue weighted by atomic mass is 16.2. The second-order valence-corrected chi connectivity index (χ2v) is 6.01. The normalized spacial score (nSPS) is 20.6. The summed E-state index contributed by atoms with van der Waals surface area (Å²) < 4.78 is 0. The van der Waals surface area contributed by atoms with Gasteiger partial charge in [0.05, 0.1) is 5.69 Å². The zero-order valence-corrected chi connectivity index (χ0v) is 13.0. The highest BCUT2D eigenvalue weighted by Gasteiger charge is 2.48. The quantitative estimate of drug-likeness (QED) is 0.780. The van der Waals surface area contributed by atoms with Crippen LogP contribution in [0, 0.1) is 6.92 Å². The van der Waals surface area contributed by atoms with E-state index in [4.69, 9.17) is 0 Å². The van der Waals surface area contributed by atoms with Gasteiger partial charge in [-0.05, 0) is 37.5 Å². The molecule has 22 heavy (non-hydrogen) atoms. The molecule has 1 aromatic carbocycles. The Labute approximate surface area is 129 Å². The van der Waals surface area contributed by atoms with Crippen LogP contribution in [0.25, 0.3) is 0 Å². The number of nitrogens with zero attached hydrogens (tertiary/aromatic N) is 3. The highest BCUT2D eigenvalue weighted by molar-refractivity contribution is 6.22. The fraction of sp³-hybridized carbons (Fsp3) is 0.438. The average molecular weight is 301 g/mol. The molecule has 2 saturated heterocycles. The Morgan fingerprint density at radius 2 is 2.00 bits per heavy atom. The molecule has 0 aliphatic carbocycles. The summed E-state index contributed by atoms with van der Waals surface area (Å²) in [5.41, 5.74) is 1.79. The molecule has 0 aromatic heterocycles. The molecule has 0 radical (unpaired) electrons. The van der Waals surface area contributed by atoms with Gasteiger partial charge in [0, 0.05) is 26.2 Å². The summed E-state index contributed by atoms with van der Waals surface area (Å²) >= 11 is 0. The molecule has 0 spiro atoms. The first-order valence-electron chi connectivity index (χ1n) is 7.38. The standard InChI is InChI=1S/C16H19N3O3/c1-10-6-7-11(14(20)17(2)3)9-13(10)19-15(21)12-5-4-8-18(12)16(19)22/h6-7,9,12H,4-5,8H2,1-3H3/t12-/m1/s1. The van der Waals surface area contributed by atoms with Crippen LogP contribution >= 0.6 is 0 Å². The first-order valence-corrected chi connectivity index (χ1v) is 7.38. The van der Waals surface area contributed by atoms with Crippen LogP contribution in [0.5, 0.6) is 0 Å². The van der Waals surface area contributed by atoms with Crippen LogP contribution in [-0.2, 0) is 4.79 Å². The summed E-state index contributed by atoms with van der Waals surface area (Å²) in [7, 11) is 3.34. The van der Waals surface area contributed by atoms with Gasteiger partial charge in [0.15, 0.2) is 0 Å². The van der Waals surface area contributed by atoms with E-state index in [-0.39, 0.29) is 23.9 Å².